The zero-order chi connectivity index (χ0) is 18.3. The largest absolute Gasteiger partial charge is 0.481 e. The standard InChI is InChI=1S/C14H16N2O8/c17-11(18)5-9(13(21)22)15-7-1-2-8(4-3-7)16-10(14(23)24)6-12(19)20/h1-4,9-10,15-16H,5-6H2,(H,17,18)(H,19,20)(H,21,22)(H,23,24). The van der Waals surface area contributed by atoms with Crippen LogP contribution in [0.25, 0.3) is 0 Å². The lowest BCUT2D eigenvalue weighted by molar-refractivity contribution is -0.144. The van der Waals surface area contributed by atoms with Crippen LogP contribution in [0.1, 0.15) is 12.8 Å². The molecule has 6 N–H and O–H groups in total. The molecule has 0 heterocycles. The van der Waals surface area contributed by atoms with Gasteiger partial charge >= 0.3 is 23.9 Å². The normalized spacial score (nSPS) is 12.7. The minimum Gasteiger partial charge on any atom is -0.481 e. The third-order valence-corrected chi connectivity index (χ3v) is 2.92. The number of benzene rings is 1. The molecule has 0 amide bonds. The molecule has 0 saturated heterocycles. The van der Waals surface area contributed by atoms with Gasteiger partial charge in [-0.1, -0.05) is 0 Å². The van der Waals surface area contributed by atoms with Gasteiger partial charge in [0.25, 0.3) is 0 Å². The highest BCUT2D eigenvalue weighted by Gasteiger charge is 2.22. The highest BCUT2D eigenvalue weighted by atomic mass is 16.4. The molecule has 2 atom stereocenters. The molecule has 1 rings (SSSR count). The van der Waals surface area contributed by atoms with Crippen LogP contribution in [-0.2, 0) is 19.2 Å². The van der Waals surface area contributed by atoms with E-state index >= 15 is 0 Å². The first-order chi connectivity index (χ1) is 11.2. The molecule has 10 nitrogen and oxygen atoms in total. The third kappa shape index (κ3) is 6.22. The number of anilines is 2. The van der Waals surface area contributed by atoms with Crippen molar-refractivity contribution in [1.82, 2.24) is 0 Å². The molecule has 0 fully saturated rings. The molecule has 0 aliphatic carbocycles. The Morgan fingerprint density at radius 1 is 0.708 bits per heavy atom. The summed E-state index contributed by atoms with van der Waals surface area (Å²) in [5, 5.41) is 40.3. The van der Waals surface area contributed by atoms with Crippen LogP contribution in [-0.4, -0.2) is 56.4 Å². The molecule has 1 aromatic carbocycles. The summed E-state index contributed by atoms with van der Waals surface area (Å²) >= 11 is 0. The lowest BCUT2D eigenvalue weighted by Gasteiger charge is -2.16. The number of hydrogen-bond donors (Lipinski definition) is 6. The van der Waals surface area contributed by atoms with E-state index in [1.165, 1.54) is 24.3 Å². The molecule has 0 bridgehead atoms. The van der Waals surface area contributed by atoms with Crippen LogP contribution < -0.4 is 10.6 Å². The monoisotopic (exact) mass is 340 g/mol. The van der Waals surface area contributed by atoms with Crippen LogP contribution in [0.2, 0.25) is 0 Å². The first kappa shape index (κ1) is 18.7. The van der Waals surface area contributed by atoms with E-state index in [1.54, 1.807) is 0 Å². The number of carboxylic acids is 4. The summed E-state index contributed by atoms with van der Waals surface area (Å²) < 4.78 is 0. The fourth-order valence-corrected chi connectivity index (χ4v) is 1.81. The van der Waals surface area contributed by atoms with Gasteiger partial charge in [-0.05, 0) is 24.3 Å². The van der Waals surface area contributed by atoms with Gasteiger partial charge in [0.15, 0.2) is 0 Å². The summed E-state index contributed by atoms with van der Waals surface area (Å²) in [5.41, 5.74) is 0.638. The molecule has 0 aromatic heterocycles. The molecule has 0 aliphatic heterocycles. The predicted molar refractivity (Wildman–Crippen MR) is 81.0 cm³/mol. The van der Waals surface area contributed by atoms with Crippen molar-refractivity contribution in [3.63, 3.8) is 0 Å². The summed E-state index contributed by atoms with van der Waals surface area (Å²) in [6, 6.07) is 3.03. The van der Waals surface area contributed by atoms with Crippen LogP contribution in [0, 0.1) is 0 Å². The Kier molecular flexibility index (Phi) is 6.53. The quantitative estimate of drug-likeness (QED) is 0.349. The van der Waals surface area contributed by atoms with Crippen molar-refractivity contribution in [3.8, 4) is 0 Å². The van der Waals surface area contributed by atoms with E-state index < -0.39 is 48.8 Å². The minimum absolute atomic E-state index is 0.319. The zero-order valence-electron chi connectivity index (χ0n) is 12.3. The number of hydrogen-bond acceptors (Lipinski definition) is 6. The van der Waals surface area contributed by atoms with Crippen molar-refractivity contribution >= 4 is 35.3 Å². The first-order valence-corrected chi connectivity index (χ1v) is 6.71. The first-order valence-electron chi connectivity index (χ1n) is 6.71. The van der Waals surface area contributed by atoms with Gasteiger partial charge in [-0.2, -0.15) is 0 Å². The Labute approximate surface area is 135 Å². The van der Waals surface area contributed by atoms with Crippen LogP contribution in [0.4, 0.5) is 11.4 Å². The zero-order valence-corrected chi connectivity index (χ0v) is 12.3. The summed E-state index contributed by atoms with van der Waals surface area (Å²) in [6.07, 6.45) is -1.23. The van der Waals surface area contributed by atoms with Crippen LogP contribution in [0.5, 0.6) is 0 Å². The Hall–Kier alpha value is -3.30. The van der Waals surface area contributed by atoms with Crippen molar-refractivity contribution in [1.29, 1.82) is 0 Å². The van der Waals surface area contributed by atoms with E-state index in [1.807, 2.05) is 0 Å². The molecule has 0 radical (unpaired) electrons. The SMILES string of the molecule is O=C(O)CC(Nc1ccc(NC(CC(=O)O)C(=O)O)cc1)C(=O)O. The highest BCUT2D eigenvalue weighted by Crippen LogP contribution is 2.17. The van der Waals surface area contributed by atoms with Gasteiger partial charge in [-0.3, -0.25) is 9.59 Å². The second kappa shape index (κ2) is 8.36. The molecule has 2 unspecified atom stereocenters. The second-order valence-electron chi connectivity index (χ2n) is 4.84. The van der Waals surface area contributed by atoms with E-state index in [0.29, 0.717) is 11.4 Å². The molecule has 0 saturated carbocycles. The Balaban J connectivity index is 2.77. The van der Waals surface area contributed by atoms with Crippen molar-refractivity contribution in [2.45, 2.75) is 24.9 Å². The molecule has 0 aliphatic rings. The maximum atomic E-state index is 11.0. The average molecular weight is 340 g/mol. The average Bonchev–Trinajstić information content (AvgIpc) is 2.46. The van der Waals surface area contributed by atoms with Crippen molar-refractivity contribution < 1.29 is 39.6 Å². The van der Waals surface area contributed by atoms with E-state index in [9.17, 15) is 19.2 Å². The van der Waals surface area contributed by atoms with Gasteiger partial charge < -0.3 is 31.1 Å². The van der Waals surface area contributed by atoms with Gasteiger partial charge in [0, 0.05) is 11.4 Å². The number of rotatable bonds is 10. The molecule has 24 heavy (non-hydrogen) atoms. The lowest BCUT2D eigenvalue weighted by Crippen LogP contribution is -2.32. The van der Waals surface area contributed by atoms with Crippen molar-refractivity contribution in [2.24, 2.45) is 0 Å². The lowest BCUT2D eigenvalue weighted by atomic mass is 10.1. The summed E-state index contributed by atoms with van der Waals surface area (Å²) in [5.74, 6) is -5.20. The van der Waals surface area contributed by atoms with Crippen molar-refractivity contribution in [3.05, 3.63) is 24.3 Å². The summed E-state index contributed by atoms with van der Waals surface area (Å²) in [7, 11) is 0. The summed E-state index contributed by atoms with van der Waals surface area (Å²) in [6.45, 7) is 0. The maximum Gasteiger partial charge on any atom is 0.326 e. The van der Waals surface area contributed by atoms with E-state index in [-0.39, 0.29) is 0 Å². The number of carbonyl (C=O) groups is 4. The van der Waals surface area contributed by atoms with E-state index in [4.69, 9.17) is 20.4 Å². The fraction of sp³-hybridized carbons (Fsp3) is 0.286. The number of nitrogens with one attached hydrogen (secondary N) is 2. The van der Waals surface area contributed by atoms with Gasteiger partial charge in [0.2, 0.25) is 0 Å². The smallest absolute Gasteiger partial charge is 0.326 e. The second-order valence-corrected chi connectivity index (χ2v) is 4.84. The van der Waals surface area contributed by atoms with Crippen LogP contribution >= 0.6 is 0 Å². The Morgan fingerprint density at radius 2 is 1.00 bits per heavy atom. The Bertz CT molecular complexity index is 573. The third-order valence-electron chi connectivity index (χ3n) is 2.92. The summed E-state index contributed by atoms with van der Waals surface area (Å²) in [4.78, 5) is 43.2. The molecule has 1 aromatic rings. The van der Waals surface area contributed by atoms with Crippen LogP contribution in [0.3, 0.4) is 0 Å². The van der Waals surface area contributed by atoms with Gasteiger partial charge in [-0.25, -0.2) is 9.59 Å². The number of aliphatic carboxylic acids is 4. The Morgan fingerprint density at radius 3 is 1.21 bits per heavy atom. The van der Waals surface area contributed by atoms with Crippen molar-refractivity contribution in [2.75, 3.05) is 10.6 Å². The predicted octanol–water partition coefficient (Wildman–Crippen LogP) is 0.366. The van der Waals surface area contributed by atoms with Gasteiger partial charge in [0.05, 0.1) is 12.8 Å². The van der Waals surface area contributed by atoms with E-state index in [0.717, 1.165) is 0 Å². The minimum atomic E-state index is -1.33. The topological polar surface area (TPSA) is 173 Å². The maximum absolute atomic E-state index is 11.0. The fourth-order valence-electron chi connectivity index (χ4n) is 1.81. The molecular formula is C14H16N2O8. The molecule has 10 heteroatoms. The highest BCUT2D eigenvalue weighted by molar-refractivity contribution is 5.84. The van der Waals surface area contributed by atoms with Crippen LogP contribution in [0.15, 0.2) is 24.3 Å². The molecule has 0 spiro atoms. The van der Waals surface area contributed by atoms with Gasteiger partial charge in [0.1, 0.15) is 12.1 Å². The molecule has 130 valence electrons. The van der Waals surface area contributed by atoms with E-state index in [2.05, 4.69) is 10.6 Å². The molecular weight excluding hydrogens is 324 g/mol. The van der Waals surface area contributed by atoms with Gasteiger partial charge in [-0.15, -0.1) is 0 Å². The number of carboxylic acid groups (broad SMARTS) is 4.